The Hall–Kier alpha value is -2.92. The van der Waals surface area contributed by atoms with Gasteiger partial charge in [-0.15, -0.1) is 0 Å². The van der Waals surface area contributed by atoms with Crippen LogP contribution in [0.1, 0.15) is 10.4 Å². The highest BCUT2D eigenvalue weighted by Crippen LogP contribution is 2.26. The number of rotatable bonds is 2. The van der Waals surface area contributed by atoms with Crippen molar-refractivity contribution in [3.63, 3.8) is 0 Å². The predicted molar refractivity (Wildman–Crippen MR) is 94.6 cm³/mol. The Balaban J connectivity index is 1.81. The molecule has 0 N–H and O–H groups in total. The number of ether oxygens (including phenoxy) is 1. The zero-order valence-electron chi connectivity index (χ0n) is 13.6. The summed E-state index contributed by atoms with van der Waals surface area (Å²) in [5, 5.41) is 1.32. The van der Waals surface area contributed by atoms with Crippen molar-refractivity contribution in [2.24, 2.45) is 0 Å². The molecule has 5 nitrogen and oxygen atoms in total. The summed E-state index contributed by atoms with van der Waals surface area (Å²) in [6, 6.07) is 16.3. The largest absolute Gasteiger partial charge is 0.422 e. The summed E-state index contributed by atoms with van der Waals surface area (Å²) >= 11 is 0. The molecular weight excluding hydrogens is 318 g/mol. The second-order valence-electron chi connectivity index (χ2n) is 5.94. The Kier molecular flexibility index (Phi) is 4.07. The maximum absolute atomic E-state index is 12.9. The number of benzene rings is 2. The molecule has 1 amide bonds. The van der Waals surface area contributed by atoms with Crippen molar-refractivity contribution in [2.75, 3.05) is 26.3 Å². The van der Waals surface area contributed by atoms with E-state index in [0.717, 1.165) is 5.39 Å². The number of carbonyl (C=O) groups excluding carboxylic acids is 1. The molecule has 0 atom stereocenters. The van der Waals surface area contributed by atoms with Crippen molar-refractivity contribution >= 4 is 16.7 Å². The molecule has 126 valence electrons. The van der Waals surface area contributed by atoms with Crippen molar-refractivity contribution in [1.82, 2.24) is 4.90 Å². The average molecular weight is 335 g/mol. The van der Waals surface area contributed by atoms with Crippen LogP contribution in [-0.2, 0) is 4.74 Å². The third kappa shape index (κ3) is 2.94. The highest BCUT2D eigenvalue weighted by molar-refractivity contribution is 6.01. The normalized spacial score (nSPS) is 14.6. The van der Waals surface area contributed by atoms with Gasteiger partial charge in [0, 0.05) is 18.7 Å². The SMILES string of the molecule is O=C(c1ccccc1-c1cc2ccccc2c(=O)o1)N1CCOCC1. The van der Waals surface area contributed by atoms with E-state index in [-0.39, 0.29) is 5.91 Å². The van der Waals surface area contributed by atoms with Crippen LogP contribution in [0.5, 0.6) is 0 Å². The molecule has 0 aliphatic carbocycles. The topological polar surface area (TPSA) is 59.8 Å². The van der Waals surface area contributed by atoms with E-state index in [2.05, 4.69) is 0 Å². The van der Waals surface area contributed by atoms with E-state index in [9.17, 15) is 9.59 Å². The van der Waals surface area contributed by atoms with E-state index in [1.807, 2.05) is 30.3 Å². The fourth-order valence-corrected chi connectivity index (χ4v) is 3.09. The maximum atomic E-state index is 12.9. The van der Waals surface area contributed by atoms with Gasteiger partial charge >= 0.3 is 5.63 Å². The van der Waals surface area contributed by atoms with Crippen molar-refractivity contribution < 1.29 is 13.9 Å². The molecular formula is C20H17NO4. The Morgan fingerprint density at radius 1 is 0.960 bits per heavy atom. The molecule has 1 saturated heterocycles. The Morgan fingerprint density at radius 3 is 2.52 bits per heavy atom. The van der Waals surface area contributed by atoms with Crippen molar-refractivity contribution in [2.45, 2.75) is 0 Å². The summed E-state index contributed by atoms with van der Waals surface area (Å²) in [4.78, 5) is 26.9. The standard InChI is InChI=1S/C20H17NO4/c22-19(21-9-11-24-12-10-21)17-8-4-3-7-16(17)18-13-14-5-1-2-6-15(14)20(23)25-18/h1-8,13H,9-12H2. The average Bonchev–Trinajstić information content (AvgIpc) is 2.68. The predicted octanol–water partition coefficient (Wildman–Crippen LogP) is 2.93. The zero-order valence-corrected chi connectivity index (χ0v) is 13.6. The number of hydrogen-bond donors (Lipinski definition) is 0. The van der Waals surface area contributed by atoms with E-state index in [4.69, 9.17) is 9.15 Å². The lowest BCUT2D eigenvalue weighted by atomic mass is 10.0. The van der Waals surface area contributed by atoms with E-state index in [0.29, 0.717) is 48.6 Å². The van der Waals surface area contributed by atoms with Gasteiger partial charge in [-0.3, -0.25) is 4.79 Å². The van der Waals surface area contributed by atoms with Crippen LogP contribution < -0.4 is 5.63 Å². The van der Waals surface area contributed by atoms with Gasteiger partial charge in [0.25, 0.3) is 5.91 Å². The summed E-state index contributed by atoms with van der Waals surface area (Å²) in [5.74, 6) is 0.329. The van der Waals surface area contributed by atoms with Crippen molar-refractivity contribution in [3.8, 4) is 11.3 Å². The van der Waals surface area contributed by atoms with Gasteiger partial charge in [0.05, 0.1) is 24.2 Å². The van der Waals surface area contributed by atoms with Crippen LogP contribution in [0.15, 0.2) is 63.8 Å². The summed E-state index contributed by atoms with van der Waals surface area (Å²) < 4.78 is 10.8. The lowest BCUT2D eigenvalue weighted by Gasteiger charge is -2.27. The first-order chi connectivity index (χ1) is 12.2. The van der Waals surface area contributed by atoms with Gasteiger partial charge in [0.2, 0.25) is 0 Å². The Bertz CT molecular complexity index is 986. The molecule has 2 heterocycles. The number of carbonyl (C=O) groups is 1. The molecule has 2 aromatic carbocycles. The summed E-state index contributed by atoms with van der Waals surface area (Å²) in [6.45, 7) is 2.21. The molecule has 4 rings (SSSR count). The lowest BCUT2D eigenvalue weighted by Crippen LogP contribution is -2.40. The number of morpholine rings is 1. The van der Waals surface area contributed by atoms with Crippen LogP contribution in [0.25, 0.3) is 22.1 Å². The van der Waals surface area contributed by atoms with Crippen LogP contribution >= 0.6 is 0 Å². The molecule has 0 unspecified atom stereocenters. The molecule has 1 aliphatic rings. The molecule has 0 spiro atoms. The van der Waals surface area contributed by atoms with E-state index >= 15 is 0 Å². The van der Waals surface area contributed by atoms with Gasteiger partial charge in [-0.25, -0.2) is 4.79 Å². The Labute approximate surface area is 144 Å². The Morgan fingerprint density at radius 2 is 1.68 bits per heavy atom. The highest BCUT2D eigenvalue weighted by Gasteiger charge is 2.22. The van der Waals surface area contributed by atoms with Crippen molar-refractivity contribution in [1.29, 1.82) is 0 Å². The second-order valence-corrected chi connectivity index (χ2v) is 5.94. The highest BCUT2D eigenvalue weighted by atomic mass is 16.5. The van der Waals surface area contributed by atoms with Gasteiger partial charge in [-0.1, -0.05) is 36.4 Å². The maximum Gasteiger partial charge on any atom is 0.344 e. The van der Waals surface area contributed by atoms with Crippen molar-refractivity contribution in [3.05, 3.63) is 70.6 Å². The summed E-state index contributed by atoms with van der Waals surface area (Å²) in [6.07, 6.45) is 0. The van der Waals surface area contributed by atoms with Crippen LogP contribution in [-0.4, -0.2) is 37.1 Å². The molecule has 0 saturated carbocycles. The van der Waals surface area contributed by atoms with Crippen LogP contribution in [0, 0.1) is 0 Å². The minimum Gasteiger partial charge on any atom is -0.422 e. The van der Waals surface area contributed by atoms with Gasteiger partial charge < -0.3 is 14.1 Å². The molecule has 3 aromatic rings. The van der Waals surface area contributed by atoms with E-state index in [1.165, 1.54) is 0 Å². The molecule has 0 radical (unpaired) electrons. The number of nitrogens with zero attached hydrogens (tertiary/aromatic N) is 1. The monoisotopic (exact) mass is 335 g/mol. The lowest BCUT2D eigenvalue weighted by molar-refractivity contribution is 0.0303. The molecule has 1 aromatic heterocycles. The molecule has 1 fully saturated rings. The third-order valence-electron chi connectivity index (χ3n) is 4.39. The molecule has 1 aliphatic heterocycles. The van der Waals surface area contributed by atoms with E-state index < -0.39 is 5.63 Å². The fraction of sp³-hybridized carbons (Fsp3) is 0.200. The fourth-order valence-electron chi connectivity index (χ4n) is 3.09. The number of fused-ring (bicyclic) bond motifs is 1. The zero-order chi connectivity index (χ0) is 17.2. The minimum atomic E-state index is -0.401. The first-order valence-electron chi connectivity index (χ1n) is 8.23. The third-order valence-corrected chi connectivity index (χ3v) is 4.39. The van der Waals surface area contributed by atoms with Crippen LogP contribution in [0.3, 0.4) is 0 Å². The van der Waals surface area contributed by atoms with Crippen LogP contribution in [0.4, 0.5) is 0 Å². The number of amides is 1. The smallest absolute Gasteiger partial charge is 0.344 e. The van der Waals surface area contributed by atoms with E-state index in [1.54, 1.807) is 29.2 Å². The van der Waals surface area contributed by atoms with Gasteiger partial charge in [0.1, 0.15) is 5.76 Å². The molecule has 0 bridgehead atoms. The second kappa shape index (κ2) is 6.53. The van der Waals surface area contributed by atoms with Gasteiger partial charge in [0.15, 0.2) is 0 Å². The van der Waals surface area contributed by atoms with Crippen LogP contribution in [0.2, 0.25) is 0 Å². The van der Waals surface area contributed by atoms with Gasteiger partial charge in [-0.2, -0.15) is 0 Å². The van der Waals surface area contributed by atoms with Gasteiger partial charge in [-0.05, 0) is 23.6 Å². The quantitative estimate of drug-likeness (QED) is 0.722. The molecule has 5 heteroatoms. The number of hydrogen-bond acceptors (Lipinski definition) is 4. The first-order valence-corrected chi connectivity index (χ1v) is 8.23. The summed E-state index contributed by atoms with van der Waals surface area (Å²) in [7, 11) is 0. The summed E-state index contributed by atoms with van der Waals surface area (Å²) in [5.41, 5.74) is 0.756. The molecule has 25 heavy (non-hydrogen) atoms. The minimum absolute atomic E-state index is 0.0743. The first kappa shape index (κ1) is 15.6.